The van der Waals surface area contributed by atoms with Gasteiger partial charge in [-0.25, -0.2) is 9.48 Å². The number of ether oxygens (including phenoxy) is 1. The summed E-state index contributed by atoms with van der Waals surface area (Å²) >= 11 is 11.9. The van der Waals surface area contributed by atoms with Crippen molar-refractivity contribution in [1.29, 1.82) is 0 Å². The number of carbonyl (C=O) groups is 1. The fourth-order valence-corrected chi connectivity index (χ4v) is 2.76. The van der Waals surface area contributed by atoms with Gasteiger partial charge in [-0.2, -0.15) is 5.10 Å². The van der Waals surface area contributed by atoms with Gasteiger partial charge in [0.05, 0.1) is 5.39 Å². The molecule has 2 aromatic carbocycles. The Labute approximate surface area is 147 Å². The molecule has 3 rings (SSSR count). The number of aromatic nitrogens is 2. The molecule has 0 aliphatic heterocycles. The van der Waals surface area contributed by atoms with Crippen molar-refractivity contribution >= 4 is 39.9 Å². The van der Waals surface area contributed by atoms with Gasteiger partial charge >= 0.3 is 5.97 Å². The van der Waals surface area contributed by atoms with Crippen molar-refractivity contribution in [3.05, 3.63) is 74.1 Å². The largest absolute Gasteiger partial charge is 0.456 e. The summed E-state index contributed by atoms with van der Waals surface area (Å²) < 4.78 is 6.41. The van der Waals surface area contributed by atoms with Gasteiger partial charge < -0.3 is 4.74 Å². The third-order valence-corrected chi connectivity index (χ3v) is 4.11. The zero-order valence-electron chi connectivity index (χ0n) is 12.6. The van der Waals surface area contributed by atoms with Crippen molar-refractivity contribution < 1.29 is 9.53 Å². The van der Waals surface area contributed by atoms with E-state index in [4.69, 9.17) is 27.9 Å². The topological polar surface area (TPSA) is 61.2 Å². The second-order valence-electron chi connectivity index (χ2n) is 5.13. The Morgan fingerprint density at radius 1 is 1.17 bits per heavy atom. The first-order valence-corrected chi connectivity index (χ1v) is 7.80. The quantitative estimate of drug-likeness (QED) is 0.667. The predicted molar refractivity (Wildman–Crippen MR) is 92.6 cm³/mol. The van der Waals surface area contributed by atoms with E-state index in [0.717, 1.165) is 4.68 Å². The Hall–Kier alpha value is -2.37. The highest BCUT2D eigenvalue weighted by molar-refractivity contribution is 6.35. The number of esters is 1. The molecule has 0 aliphatic carbocycles. The minimum Gasteiger partial charge on any atom is -0.456 e. The molecule has 0 N–H and O–H groups in total. The van der Waals surface area contributed by atoms with Gasteiger partial charge in [0, 0.05) is 28.0 Å². The Balaban J connectivity index is 1.92. The molecule has 0 unspecified atom stereocenters. The highest BCUT2D eigenvalue weighted by Gasteiger charge is 2.17. The molecule has 0 saturated heterocycles. The van der Waals surface area contributed by atoms with Crippen LogP contribution in [0.2, 0.25) is 10.0 Å². The van der Waals surface area contributed by atoms with Crippen molar-refractivity contribution in [3.8, 4) is 0 Å². The molecule has 1 aromatic heterocycles. The van der Waals surface area contributed by atoms with Crippen molar-refractivity contribution in [2.45, 2.75) is 6.61 Å². The molecule has 24 heavy (non-hydrogen) atoms. The molecule has 0 saturated carbocycles. The molecule has 0 bridgehead atoms. The van der Waals surface area contributed by atoms with Gasteiger partial charge in [-0.1, -0.05) is 47.5 Å². The Kier molecular flexibility index (Phi) is 4.55. The van der Waals surface area contributed by atoms with Crippen LogP contribution in [0.4, 0.5) is 0 Å². The number of nitrogens with zero attached hydrogens (tertiary/aromatic N) is 2. The first-order valence-electron chi connectivity index (χ1n) is 7.04. The summed E-state index contributed by atoms with van der Waals surface area (Å²) in [5.74, 6) is -0.632. The lowest BCUT2D eigenvalue weighted by Gasteiger charge is -2.09. The number of hydrogen-bond acceptors (Lipinski definition) is 4. The smallest absolute Gasteiger partial charge is 0.359 e. The van der Waals surface area contributed by atoms with Crippen molar-refractivity contribution in [1.82, 2.24) is 9.78 Å². The molecule has 5 nitrogen and oxygen atoms in total. The third kappa shape index (κ3) is 3.13. The molecule has 0 amide bonds. The molecule has 122 valence electrons. The molecule has 0 spiro atoms. The van der Waals surface area contributed by atoms with E-state index in [-0.39, 0.29) is 17.9 Å². The van der Waals surface area contributed by atoms with E-state index < -0.39 is 5.97 Å². The molecule has 7 heteroatoms. The van der Waals surface area contributed by atoms with E-state index in [1.807, 2.05) is 0 Å². The van der Waals surface area contributed by atoms with Crippen molar-refractivity contribution in [2.24, 2.45) is 7.05 Å². The Morgan fingerprint density at radius 3 is 2.58 bits per heavy atom. The van der Waals surface area contributed by atoms with Gasteiger partial charge in [0.15, 0.2) is 5.69 Å². The SMILES string of the molecule is Cn1nc(C(=O)OCc2ccc(Cl)cc2Cl)c2ccccc2c1=O. The van der Waals surface area contributed by atoms with Crippen LogP contribution < -0.4 is 5.56 Å². The van der Waals surface area contributed by atoms with E-state index in [0.29, 0.717) is 26.4 Å². The maximum Gasteiger partial charge on any atom is 0.359 e. The van der Waals surface area contributed by atoms with Crippen LogP contribution in [0.15, 0.2) is 47.3 Å². The molecule has 0 radical (unpaired) electrons. The Morgan fingerprint density at radius 2 is 1.88 bits per heavy atom. The summed E-state index contributed by atoms with van der Waals surface area (Å²) in [6.45, 7) is -0.0202. The minimum absolute atomic E-state index is 0.0202. The molecule has 0 atom stereocenters. The summed E-state index contributed by atoms with van der Waals surface area (Å²) in [7, 11) is 1.49. The average Bonchev–Trinajstić information content (AvgIpc) is 2.57. The maximum atomic E-state index is 12.4. The molecule has 1 heterocycles. The van der Waals surface area contributed by atoms with E-state index in [2.05, 4.69) is 5.10 Å². The highest BCUT2D eigenvalue weighted by atomic mass is 35.5. The van der Waals surface area contributed by atoms with Crippen LogP contribution in [-0.2, 0) is 18.4 Å². The first kappa shape index (κ1) is 16.5. The highest BCUT2D eigenvalue weighted by Crippen LogP contribution is 2.22. The van der Waals surface area contributed by atoms with Gasteiger partial charge in [-0.15, -0.1) is 0 Å². The second-order valence-corrected chi connectivity index (χ2v) is 5.98. The molecular weight excluding hydrogens is 351 g/mol. The summed E-state index contributed by atoms with van der Waals surface area (Å²) in [5, 5.41) is 5.80. The van der Waals surface area contributed by atoms with Crippen molar-refractivity contribution in [3.63, 3.8) is 0 Å². The summed E-state index contributed by atoms with van der Waals surface area (Å²) in [4.78, 5) is 24.5. The van der Waals surface area contributed by atoms with Gasteiger partial charge in [0.1, 0.15) is 6.61 Å². The van der Waals surface area contributed by atoms with E-state index >= 15 is 0 Å². The number of halogens is 2. The Bertz CT molecular complexity index is 999. The van der Waals surface area contributed by atoms with Crippen LogP contribution >= 0.6 is 23.2 Å². The van der Waals surface area contributed by atoms with Crippen molar-refractivity contribution in [2.75, 3.05) is 0 Å². The van der Waals surface area contributed by atoms with Gasteiger partial charge in [0.25, 0.3) is 5.56 Å². The fourth-order valence-electron chi connectivity index (χ4n) is 2.30. The van der Waals surface area contributed by atoms with Crippen LogP contribution in [0.5, 0.6) is 0 Å². The van der Waals surface area contributed by atoms with Crippen LogP contribution in [0.25, 0.3) is 10.8 Å². The zero-order chi connectivity index (χ0) is 17.3. The van der Waals surface area contributed by atoms with Crippen LogP contribution in [-0.4, -0.2) is 15.7 Å². The van der Waals surface area contributed by atoms with Crippen LogP contribution in [0.3, 0.4) is 0 Å². The lowest BCUT2D eigenvalue weighted by Crippen LogP contribution is -2.23. The number of carbonyl (C=O) groups excluding carboxylic acids is 1. The maximum absolute atomic E-state index is 12.4. The third-order valence-electron chi connectivity index (χ3n) is 3.52. The predicted octanol–water partition coefficient (Wildman–Crippen LogP) is 3.60. The number of aryl methyl sites for hydroxylation is 1. The number of benzene rings is 2. The van der Waals surface area contributed by atoms with E-state index in [1.54, 1.807) is 42.5 Å². The minimum atomic E-state index is -0.632. The summed E-state index contributed by atoms with van der Waals surface area (Å²) in [6.07, 6.45) is 0. The molecule has 0 aliphatic rings. The van der Waals surface area contributed by atoms with Gasteiger partial charge in [0.2, 0.25) is 0 Å². The van der Waals surface area contributed by atoms with E-state index in [9.17, 15) is 9.59 Å². The molecule has 3 aromatic rings. The fraction of sp³-hybridized carbons (Fsp3) is 0.118. The number of hydrogen-bond donors (Lipinski definition) is 0. The monoisotopic (exact) mass is 362 g/mol. The normalized spacial score (nSPS) is 10.8. The number of fused-ring (bicyclic) bond motifs is 1. The van der Waals surface area contributed by atoms with Gasteiger partial charge in [-0.3, -0.25) is 4.79 Å². The zero-order valence-corrected chi connectivity index (χ0v) is 14.1. The lowest BCUT2D eigenvalue weighted by atomic mass is 10.1. The van der Waals surface area contributed by atoms with Gasteiger partial charge in [-0.05, 0) is 18.2 Å². The van der Waals surface area contributed by atoms with Crippen LogP contribution in [0, 0.1) is 0 Å². The molecular formula is C17H12Cl2N2O3. The average molecular weight is 363 g/mol. The summed E-state index contributed by atoms with van der Waals surface area (Å²) in [6, 6.07) is 11.7. The lowest BCUT2D eigenvalue weighted by molar-refractivity contribution is 0.0466. The first-order chi connectivity index (χ1) is 11.5. The molecule has 0 fully saturated rings. The summed E-state index contributed by atoms with van der Waals surface area (Å²) in [5.41, 5.74) is 0.434. The van der Waals surface area contributed by atoms with Crippen LogP contribution in [0.1, 0.15) is 16.1 Å². The number of rotatable bonds is 3. The standard InChI is InChI=1S/C17H12Cl2N2O3/c1-21-16(22)13-5-3-2-4-12(13)15(20-21)17(23)24-9-10-6-7-11(18)8-14(10)19/h2-8H,9H2,1H3. The second kappa shape index (κ2) is 6.63. The van der Waals surface area contributed by atoms with E-state index in [1.165, 1.54) is 7.05 Å².